The summed E-state index contributed by atoms with van der Waals surface area (Å²) in [4.78, 5) is 17.6. The van der Waals surface area contributed by atoms with E-state index in [2.05, 4.69) is 26.2 Å². The Kier molecular flexibility index (Phi) is 2.75. The molecule has 1 aromatic heterocycles. The van der Waals surface area contributed by atoms with Crippen LogP contribution in [0.2, 0.25) is 0 Å². The number of halogens is 1. The molecule has 1 amide bonds. The van der Waals surface area contributed by atoms with E-state index >= 15 is 0 Å². The number of carbonyl (C=O) groups excluding carboxylic acids is 1. The maximum Gasteiger partial charge on any atom is 0.240 e. The highest BCUT2D eigenvalue weighted by molar-refractivity contribution is 9.10. The van der Waals surface area contributed by atoms with E-state index in [1.165, 1.54) is 0 Å². The Morgan fingerprint density at radius 2 is 2.33 bits per heavy atom. The normalized spacial score (nSPS) is 26.1. The standard InChI is InChI=1S/C10H12BrN3O/c1-6-10(15)14(2)9(13-6)8-7(11)4-3-5-12-8/h3-6,9,13H,1-2H3/t6-,9?/m0/s1. The highest BCUT2D eigenvalue weighted by Crippen LogP contribution is 2.27. The third kappa shape index (κ3) is 1.77. The first-order chi connectivity index (χ1) is 7.11. The maximum atomic E-state index is 11.6. The van der Waals surface area contributed by atoms with Crippen LogP contribution in [0.1, 0.15) is 18.8 Å². The van der Waals surface area contributed by atoms with Gasteiger partial charge in [0.1, 0.15) is 6.17 Å². The summed E-state index contributed by atoms with van der Waals surface area (Å²) in [5, 5.41) is 3.19. The predicted molar refractivity (Wildman–Crippen MR) is 60.0 cm³/mol. The number of aromatic nitrogens is 1. The second-order valence-electron chi connectivity index (χ2n) is 3.61. The molecule has 80 valence electrons. The lowest BCUT2D eigenvalue weighted by Crippen LogP contribution is -2.27. The molecule has 0 radical (unpaired) electrons. The van der Waals surface area contributed by atoms with E-state index in [1.54, 1.807) is 18.1 Å². The monoisotopic (exact) mass is 269 g/mol. The SMILES string of the molecule is C[C@@H]1NC(c2ncccc2Br)N(C)C1=O. The summed E-state index contributed by atoms with van der Waals surface area (Å²) < 4.78 is 0.913. The molecule has 1 aliphatic rings. The maximum absolute atomic E-state index is 11.6. The minimum atomic E-state index is -0.145. The Bertz CT molecular complexity index is 396. The lowest BCUT2D eigenvalue weighted by molar-refractivity contribution is -0.128. The van der Waals surface area contributed by atoms with Crippen LogP contribution in [0.5, 0.6) is 0 Å². The van der Waals surface area contributed by atoms with Crippen LogP contribution < -0.4 is 5.32 Å². The minimum absolute atomic E-state index is 0.0950. The van der Waals surface area contributed by atoms with E-state index in [1.807, 2.05) is 19.1 Å². The average molecular weight is 270 g/mol. The van der Waals surface area contributed by atoms with Gasteiger partial charge in [-0.05, 0) is 35.0 Å². The van der Waals surface area contributed by atoms with Crippen LogP contribution in [0.15, 0.2) is 22.8 Å². The number of hydrogen-bond donors (Lipinski definition) is 1. The van der Waals surface area contributed by atoms with E-state index in [0.717, 1.165) is 10.2 Å². The topological polar surface area (TPSA) is 45.2 Å². The van der Waals surface area contributed by atoms with Crippen LogP contribution >= 0.6 is 15.9 Å². The van der Waals surface area contributed by atoms with Crippen molar-refractivity contribution in [2.24, 2.45) is 0 Å². The second-order valence-corrected chi connectivity index (χ2v) is 4.46. The fourth-order valence-electron chi connectivity index (χ4n) is 1.71. The van der Waals surface area contributed by atoms with Gasteiger partial charge in [-0.25, -0.2) is 0 Å². The molecule has 0 aliphatic carbocycles. The molecule has 0 spiro atoms. The molecule has 4 nitrogen and oxygen atoms in total. The van der Waals surface area contributed by atoms with Gasteiger partial charge in [-0.1, -0.05) is 0 Å². The zero-order chi connectivity index (χ0) is 11.0. The summed E-state index contributed by atoms with van der Waals surface area (Å²) >= 11 is 3.43. The second kappa shape index (κ2) is 3.90. The van der Waals surface area contributed by atoms with E-state index in [-0.39, 0.29) is 18.1 Å². The summed E-state index contributed by atoms with van der Waals surface area (Å²) in [7, 11) is 1.78. The minimum Gasteiger partial charge on any atom is -0.323 e. The van der Waals surface area contributed by atoms with E-state index in [9.17, 15) is 4.79 Å². The van der Waals surface area contributed by atoms with Crippen molar-refractivity contribution in [3.63, 3.8) is 0 Å². The molecule has 0 bridgehead atoms. The molecule has 0 saturated carbocycles. The van der Waals surface area contributed by atoms with Gasteiger partial charge in [0.25, 0.3) is 0 Å². The summed E-state index contributed by atoms with van der Waals surface area (Å²) in [6.07, 6.45) is 1.59. The fourth-order valence-corrected chi connectivity index (χ4v) is 2.19. The molecular formula is C10H12BrN3O. The summed E-state index contributed by atoms with van der Waals surface area (Å²) in [5.74, 6) is 0.0950. The van der Waals surface area contributed by atoms with Crippen LogP contribution in [0.3, 0.4) is 0 Å². The molecule has 0 aromatic carbocycles. The van der Waals surface area contributed by atoms with Crippen LogP contribution in [0, 0.1) is 0 Å². The molecule has 2 rings (SSSR count). The van der Waals surface area contributed by atoms with Gasteiger partial charge in [-0.2, -0.15) is 0 Å². The molecule has 1 aromatic rings. The summed E-state index contributed by atoms with van der Waals surface area (Å²) in [5.41, 5.74) is 0.845. The highest BCUT2D eigenvalue weighted by atomic mass is 79.9. The van der Waals surface area contributed by atoms with Gasteiger partial charge in [0.2, 0.25) is 5.91 Å². The quantitative estimate of drug-likeness (QED) is 0.836. The lowest BCUT2D eigenvalue weighted by atomic mass is 10.3. The van der Waals surface area contributed by atoms with Crippen molar-refractivity contribution in [1.29, 1.82) is 0 Å². The van der Waals surface area contributed by atoms with Crippen molar-refractivity contribution in [2.75, 3.05) is 7.05 Å². The first kappa shape index (κ1) is 10.6. The van der Waals surface area contributed by atoms with Crippen molar-refractivity contribution in [3.8, 4) is 0 Å². The zero-order valence-corrected chi connectivity index (χ0v) is 10.2. The van der Waals surface area contributed by atoms with Crippen LogP contribution in [-0.4, -0.2) is 28.9 Å². The number of carbonyl (C=O) groups is 1. The van der Waals surface area contributed by atoms with Gasteiger partial charge in [0, 0.05) is 17.7 Å². The molecule has 1 saturated heterocycles. The molecule has 15 heavy (non-hydrogen) atoms. The lowest BCUT2D eigenvalue weighted by Gasteiger charge is -2.19. The molecule has 1 unspecified atom stereocenters. The first-order valence-corrected chi connectivity index (χ1v) is 5.53. The third-order valence-corrected chi connectivity index (χ3v) is 3.23. The van der Waals surface area contributed by atoms with Crippen molar-refractivity contribution in [2.45, 2.75) is 19.1 Å². The Morgan fingerprint density at radius 1 is 1.60 bits per heavy atom. The fraction of sp³-hybridized carbons (Fsp3) is 0.400. The van der Waals surface area contributed by atoms with E-state index in [0.29, 0.717) is 0 Å². The zero-order valence-electron chi connectivity index (χ0n) is 8.57. The molecular weight excluding hydrogens is 258 g/mol. The number of nitrogens with zero attached hydrogens (tertiary/aromatic N) is 2. The summed E-state index contributed by atoms with van der Waals surface area (Å²) in [6.45, 7) is 1.86. The van der Waals surface area contributed by atoms with Crippen molar-refractivity contribution >= 4 is 21.8 Å². The van der Waals surface area contributed by atoms with Crippen LogP contribution in [-0.2, 0) is 4.79 Å². The van der Waals surface area contributed by atoms with Gasteiger partial charge >= 0.3 is 0 Å². The van der Waals surface area contributed by atoms with Gasteiger partial charge in [0.05, 0.1) is 11.7 Å². The molecule has 2 atom stereocenters. The van der Waals surface area contributed by atoms with E-state index < -0.39 is 0 Å². The molecule has 1 N–H and O–H groups in total. The molecule has 1 fully saturated rings. The Labute approximate surface area is 96.8 Å². The van der Waals surface area contributed by atoms with Gasteiger partial charge < -0.3 is 4.90 Å². The number of amides is 1. The number of pyridine rings is 1. The Balaban J connectivity index is 2.34. The van der Waals surface area contributed by atoms with Crippen molar-refractivity contribution < 1.29 is 4.79 Å². The van der Waals surface area contributed by atoms with Crippen molar-refractivity contribution in [1.82, 2.24) is 15.2 Å². The highest BCUT2D eigenvalue weighted by Gasteiger charge is 2.35. The summed E-state index contributed by atoms with van der Waals surface area (Å²) in [6, 6.07) is 3.63. The molecule has 2 heterocycles. The Morgan fingerprint density at radius 3 is 2.87 bits per heavy atom. The first-order valence-electron chi connectivity index (χ1n) is 4.74. The largest absolute Gasteiger partial charge is 0.323 e. The van der Waals surface area contributed by atoms with Crippen LogP contribution in [0.25, 0.3) is 0 Å². The third-order valence-electron chi connectivity index (χ3n) is 2.56. The van der Waals surface area contributed by atoms with E-state index in [4.69, 9.17) is 0 Å². The number of hydrogen-bond acceptors (Lipinski definition) is 3. The number of likely N-dealkylation sites (N-methyl/N-ethyl adjacent to an activating group) is 1. The Hall–Kier alpha value is -0.940. The van der Waals surface area contributed by atoms with Gasteiger partial charge in [-0.3, -0.25) is 15.1 Å². The smallest absolute Gasteiger partial charge is 0.240 e. The molecule has 1 aliphatic heterocycles. The van der Waals surface area contributed by atoms with Gasteiger partial charge in [-0.15, -0.1) is 0 Å². The number of nitrogens with one attached hydrogen (secondary N) is 1. The van der Waals surface area contributed by atoms with Crippen LogP contribution in [0.4, 0.5) is 0 Å². The van der Waals surface area contributed by atoms with Gasteiger partial charge in [0.15, 0.2) is 0 Å². The predicted octanol–water partition coefficient (Wildman–Crippen LogP) is 1.29. The molecule has 5 heteroatoms. The van der Waals surface area contributed by atoms with Crippen molar-refractivity contribution in [3.05, 3.63) is 28.5 Å². The average Bonchev–Trinajstić information content (AvgIpc) is 2.47. The number of rotatable bonds is 1.